The minimum Gasteiger partial charge on any atom is -0.493 e. The van der Waals surface area contributed by atoms with Crippen LogP contribution in [0.2, 0.25) is 0 Å². The van der Waals surface area contributed by atoms with E-state index >= 15 is 0 Å². The molecule has 45 heavy (non-hydrogen) atoms. The van der Waals surface area contributed by atoms with Crippen molar-refractivity contribution in [3.8, 4) is 47.7 Å². The van der Waals surface area contributed by atoms with Gasteiger partial charge in [-0.3, -0.25) is 0 Å². The second kappa shape index (κ2) is 16.5. The largest absolute Gasteiger partial charge is 0.493 e. The van der Waals surface area contributed by atoms with Gasteiger partial charge < -0.3 is 28.4 Å². The van der Waals surface area contributed by atoms with Gasteiger partial charge in [-0.2, -0.15) is 0 Å². The average Bonchev–Trinajstić information content (AvgIpc) is 3.01. The van der Waals surface area contributed by atoms with Crippen LogP contribution in [0.3, 0.4) is 0 Å². The Morgan fingerprint density at radius 1 is 0.911 bits per heavy atom. The van der Waals surface area contributed by atoms with Crippen molar-refractivity contribution in [1.29, 1.82) is 0 Å². The highest BCUT2D eigenvalue weighted by molar-refractivity contribution is 5.74. The maximum Gasteiger partial charge on any atom is 0.164 e. The molecule has 1 aliphatic carbocycles. The van der Waals surface area contributed by atoms with Crippen molar-refractivity contribution >= 4 is 12.2 Å². The van der Waals surface area contributed by atoms with Gasteiger partial charge in [0.1, 0.15) is 44.0 Å². The lowest BCUT2D eigenvalue weighted by atomic mass is 9.64. The van der Waals surface area contributed by atoms with E-state index in [1.807, 2.05) is 18.2 Å². The monoisotopic (exact) mass is 612 g/mol. The summed E-state index contributed by atoms with van der Waals surface area (Å²) in [6, 6.07) is 8.37. The van der Waals surface area contributed by atoms with Crippen molar-refractivity contribution in [1.82, 2.24) is 0 Å². The molecule has 0 spiro atoms. The van der Waals surface area contributed by atoms with E-state index in [9.17, 15) is 0 Å². The molecule has 2 atom stereocenters. The number of rotatable bonds is 15. The lowest BCUT2D eigenvalue weighted by molar-refractivity contribution is -0.00708. The SMILES string of the molecule is C#CCOCCOc1cc(/C=C/c2cc3c(c(OC)c2)OC2CCCC(C)(C)C2C3)cc(OCCOCC#C)c1CC=C(C)C. The van der Waals surface area contributed by atoms with Gasteiger partial charge in [-0.1, -0.05) is 49.5 Å². The van der Waals surface area contributed by atoms with Crippen LogP contribution >= 0.6 is 0 Å². The highest BCUT2D eigenvalue weighted by Crippen LogP contribution is 2.50. The number of fused-ring (bicyclic) bond motifs is 2. The van der Waals surface area contributed by atoms with Gasteiger partial charge in [-0.25, -0.2) is 0 Å². The van der Waals surface area contributed by atoms with E-state index in [-0.39, 0.29) is 24.7 Å². The van der Waals surface area contributed by atoms with E-state index in [2.05, 4.69) is 63.8 Å². The molecule has 0 aromatic heterocycles. The summed E-state index contributed by atoms with van der Waals surface area (Å²) in [5, 5.41) is 0. The summed E-state index contributed by atoms with van der Waals surface area (Å²) < 4.78 is 35.8. The second-order valence-electron chi connectivity index (χ2n) is 12.6. The van der Waals surface area contributed by atoms with Crippen LogP contribution < -0.4 is 18.9 Å². The zero-order valence-corrected chi connectivity index (χ0v) is 27.6. The van der Waals surface area contributed by atoms with Crippen LogP contribution in [0.4, 0.5) is 0 Å². The van der Waals surface area contributed by atoms with E-state index < -0.39 is 0 Å². The zero-order chi connectivity index (χ0) is 32.2. The molecule has 1 aliphatic heterocycles. The number of hydrogen-bond donors (Lipinski definition) is 0. The zero-order valence-electron chi connectivity index (χ0n) is 27.6. The van der Waals surface area contributed by atoms with Crippen molar-refractivity contribution < 1.29 is 28.4 Å². The second-order valence-corrected chi connectivity index (χ2v) is 12.6. The Bertz CT molecular complexity index is 1390. The summed E-state index contributed by atoms with van der Waals surface area (Å²) in [7, 11) is 1.71. The summed E-state index contributed by atoms with van der Waals surface area (Å²) in [6.45, 7) is 10.9. The molecule has 240 valence electrons. The lowest BCUT2D eigenvalue weighted by Gasteiger charge is -2.47. The van der Waals surface area contributed by atoms with Gasteiger partial charge in [0.2, 0.25) is 0 Å². The number of hydrogen-bond acceptors (Lipinski definition) is 6. The first-order chi connectivity index (χ1) is 21.7. The van der Waals surface area contributed by atoms with Crippen LogP contribution in [0, 0.1) is 36.0 Å². The number of ether oxygens (including phenoxy) is 6. The molecule has 0 radical (unpaired) electrons. The fourth-order valence-electron chi connectivity index (χ4n) is 6.18. The highest BCUT2D eigenvalue weighted by atomic mass is 16.5. The molecule has 1 heterocycles. The van der Waals surface area contributed by atoms with E-state index in [0.29, 0.717) is 38.8 Å². The first kappa shape index (κ1) is 34.0. The molecule has 1 saturated carbocycles. The molecule has 2 unspecified atom stereocenters. The molecule has 0 N–H and O–H groups in total. The van der Waals surface area contributed by atoms with Crippen molar-refractivity contribution in [3.05, 3.63) is 58.2 Å². The number of benzene rings is 2. The quantitative estimate of drug-likeness (QED) is 0.0896. The molecule has 6 nitrogen and oxygen atoms in total. The lowest BCUT2D eigenvalue weighted by Crippen LogP contribution is -2.45. The summed E-state index contributed by atoms with van der Waals surface area (Å²) in [5.74, 6) is 8.61. The fraction of sp³-hybridized carbons (Fsp3) is 0.487. The minimum absolute atomic E-state index is 0.243. The van der Waals surface area contributed by atoms with Gasteiger partial charge in [0.25, 0.3) is 0 Å². The van der Waals surface area contributed by atoms with Crippen molar-refractivity contribution in [2.75, 3.05) is 46.8 Å². The van der Waals surface area contributed by atoms with Crippen LogP contribution in [0.15, 0.2) is 35.9 Å². The molecule has 0 saturated heterocycles. The predicted molar refractivity (Wildman–Crippen MR) is 181 cm³/mol. The maximum absolute atomic E-state index is 6.59. The van der Waals surface area contributed by atoms with Crippen molar-refractivity contribution in [2.24, 2.45) is 11.3 Å². The molecule has 6 heteroatoms. The van der Waals surface area contributed by atoms with Gasteiger partial charge in [0.15, 0.2) is 11.5 Å². The van der Waals surface area contributed by atoms with Crippen molar-refractivity contribution in [3.63, 3.8) is 0 Å². The number of terminal acetylenes is 2. The molecular formula is C39H48O6. The van der Waals surface area contributed by atoms with Gasteiger partial charge in [0, 0.05) is 11.5 Å². The highest BCUT2D eigenvalue weighted by Gasteiger charge is 2.43. The van der Waals surface area contributed by atoms with Crippen LogP contribution in [-0.4, -0.2) is 52.9 Å². The Kier molecular flexibility index (Phi) is 12.5. The van der Waals surface area contributed by atoms with Gasteiger partial charge >= 0.3 is 0 Å². The van der Waals surface area contributed by atoms with E-state index in [1.165, 1.54) is 24.0 Å². The Hall–Kier alpha value is -3.84. The van der Waals surface area contributed by atoms with E-state index in [0.717, 1.165) is 52.5 Å². The molecule has 2 aromatic rings. The van der Waals surface area contributed by atoms with Crippen LogP contribution in [0.5, 0.6) is 23.0 Å². The third-order valence-corrected chi connectivity index (χ3v) is 8.56. The fourth-order valence-corrected chi connectivity index (χ4v) is 6.18. The summed E-state index contributed by atoms with van der Waals surface area (Å²) in [5.41, 5.74) is 5.60. The van der Waals surface area contributed by atoms with Gasteiger partial charge in [-0.05, 0) is 92.3 Å². The molecule has 0 bridgehead atoms. The maximum atomic E-state index is 6.59. The van der Waals surface area contributed by atoms with Gasteiger partial charge in [-0.15, -0.1) is 12.8 Å². The first-order valence-electron chi connectivity index (χ1n) is 15.9. The summed E-state index contributed by atoms with van der Waals surface area (Å²) in [6.07, 6.45) is 22.4. The Morgan fingerprint density at radius 3 is 2.09 bits per heavy atom. The Labute approximate surface area is 270 Å². The smallest absolute Gasteiger partial charge is 0.164 e. The predicted octanol–water partition coefficient (Wildman–Crippen LogP) is 7.56. The third-order valence-electron chi connectivity index (χ3n) is 8.56. The van der Waals surface area contributed by atoms with E-state index in [1.54, 1.807) is 7.11 Å². The minimum atomic E-state index is 0.243. The molecule has 2 aromatic carbocycles. The molecule has 2 aliphatic rings. The molecule has 1 fully saturated rings. The van der Waals surface area contributed by atoms with Crippen molar-refractivity contribution in [2.45, 2.75) is 65.9 Å². The summed E-state index contributed by atoms with van der Waals surface area (Å²) >= 11 is 0. The Morgan fingerprint density at radius 2 is 1.51 bits per heavy atom. The molecule has 4 rings (SSSR count). The molecular weight excluding hydrogens is 564 g/mol. The van der Waals surface area contributed by atoms with Crippen LogP contribution in [0.25, 0.3) is 12.2 Å². The van der Waals surface area contributed by atoms with Gasteiger partial charge in [0.05, 0.1) is 20.3 Å². The van der Waals surface area contributed by atoms with Crippen LogP contribution in [-0.2, 0) is 22.3 Å². The normalized spacial score (nSPS) is 18.1. The van der Waals surface area contributed by atoms with E-state index in [4.69, 9.17) is 41.3 Å². The first-order valence-corrected chi connectivity index (χ1v) is 15.9. The third kappa shape index (κ3) is 9.33. The Balaban J connectivity index is 1.65. The number of methoxy groups -OCH3 is 1. The molecule has 0 amide bonds. The standard InChI is InChI=1S/C39H48O6/c1-8-17-41-19-21-43-35-24-30(25-36(32(35)15-12-28(3)4)44-22-20-42-18-9-2)14-13-29-23-31-27-33-34(11-10-16-39(33,5)6)45-38(31)37(26-29)40-7/h1-2,12-14,23-26,33-34H,10-11,15-22,27H2,3-7H3/b14-13+. The average molecular weight is 613 g/mol. The summed E-state index contributed by atoms with van der Waals surface area (Å²) in [4.78, 5) is 0. The topological polar surface area (TPSA) is 55.4 Å². The number of allylic oxidation sites excluding steroid dienone is 2. The van der Waals surface area contributed by atoms with Crippen LogP contribution in [0.1, 0.15) is 69.2 Å².